The molecule has 6 heteroatoms. The van der Waals surface area contributed by atoms with Crippen LogP contribution < -0.4 is 0 Å². The lowest BCUT2D eigenvalue weighted by molar-refractivity contribution is 0.606. The molecule has 96 valence electrons. The molecule has 0 N–H and O–H groups in total. The van der Waals surface area contributed by atoms with Crippen molar-refractivity contribution in [3.63, 3.8) is 0 Å². The van der Waals surface area contributed by atoms with Gasteiger partial charge in [0.25, 0.3) is 0 Å². The molecule has 0 saturated heterocycles. The summed E-state index contributed by atoms with van der Waals surface area (Å²) in [6, 6.07) is 6.33. The molecule has 0 radical (unpaired) electrons. The van der Waals surface area contributed by atoms with Crippen LogP contribution in [0, 0.1) is 17.1 Å². The highest BCUT2D eigenvalue weighted by Gasteiger charge is 2.13. The zero-order valence-corrected chi connectivity index (χ0v) is 11.7. The first kappa shape index (κ1) is 14.1. The zero-order chi connectivity index (χ0) is 14.0. The molecule has 0 unspecified atom stereocenters. The molecule has 0 spiro atoms. The normalized spacial score (nSPS) is 10.3. The molecule has 2 rings (SSSR count). The largest absolute Gasteiger partial charge is 0.256 e. The highest BCUT2D eigenvalue weighted by Crippen LogP contribution is 2.37. The molecule has 1 aromatic carbocycles. The second kappa shape index (κ2) is 5.75. The van der Waals surface area contributed by atoms with Crippen molar-refractivity contribution < 1.29 is 4.39 Å². The SMILES string of the molecule is N#CCc1ncc(-c2ccc(Cl)c(Cl)c2Cl)cc1F. The Labute approximate surface area is 124 Å². The Bertz CT molecular complexity index is 680. The molecule has 2 aromatic rings. The molecule has 0 amide bonds. The minimum atomic E-state index is -0.554. The van der Waals surface area contributed by atoms with E-state index in [9.17, 15) is 4.39 Å². The summed E-state index contributed by atoms with van der Waals surface area (Å²) in [5.41, 5.74) is 1.11. The minimum Gasteiger partial charge on any atom is -0.256 e. The number of hydrogen-bond donors (Lipinski definition) is 0. The number of nitrogens with zero attached hydrogens (tertiary/aromatic N) is 2. The van der Waals surface area contributed by atoms with Crippen LogP contribution in [0.2, 0.25) is 15.1 Å². The van der Waals surface area contributed by atoms with Crippen LogP contribution in [-0.4, -0.2) is 4.98 Å². The van der Waals surface area contributed by atoms with E-state index in [4.69, 9.17) is 40.1 Å². The summed E-state index contributed by atoms with van der Waals surface area (Å²) in [5.74, 6) is -0.554. The maximum absolute atomic E-state index is 13.7. The molecule has 1 heterocycles. The number of halogens is 4. The topological polar surface area (TPSA) is 36.7 Å². The van der Waals surface area contributed by atoms with Gasteiger partial charge in [0, 0.05) is 17.3 Å². The Morgan fingerprint density at radius 1 is 1.21 bits per heavy atom. The molecule has 0 saturated carbocycles. The van der Waals surface area contributed by atoms with Crippen LogP contribution in [0.3, 0.4) is 0 Å². The summed E-state index contributed by atoms with van der Waals surface area (Å²) in [7, 11) is 0. The first-order valence-electron chi connectivity index (χ1n) is 5.20. The average Bonchev–Trinajstić information content (AvgIpc) is 2.39. The van der Waals surface area contributed by atoms with Crippen molar-refractivity contribution in [3.05, 3.63) is 51.0 Å². The summed E-state index contributed by atoms with van der Waals surface area (Å²) in [6.45, 7) is 0. The maximum Gasteiger partial charge on any atom is 0.146 e. The highest BCUT2D eigenvalue weighted by molar-refractivity contribution is 6.49. The molecular formula is C13H6Cl3FN2. The number of nitriles is 1. The van der Waals surface area contributed by atoms with Crippen molar-refractivity contribution in [2.45, 2.75) is 6.42 Å². The number of rotatable bonds is 2. The fraction of sp³-hybridized carbons (Fsp3) is 0.0769. The first-order chi connectivity index (χ1) is 9.04. The fourth-order valence-corrected chi connectivity index (χ4v) is 2.21. The van der Waals surface area contributed by atoms with Crippen LogP contribution in [-0.2, 0) is 6.42 Å². The van der Waals surface area contributed by atoms with Crippen molar-refractivity contribution in [3.8, 4) is 17.2 Å². The standard InChI is InChI=1S/C13H6Cl3FN2/c14-9-2-1-8(12(15)13(9)16)7-5-10(17)11(3-4-18)19-6-7/h1-2,5-6H,3H2. The molecule has 0 bridgehead atoms. The Morgan fingerprint density at radius 3 is 2.58 bits per heavy atom. The zero-order valence-electron chi connectivity index (χ0n) is 9.42. The van der Waals surface area contributed by atoms with E-state index in [0.717, 1.165) is 0 Å². The van der Waals surface area contributed by atoms with E-state index < -0.39 is 5.82 Å². The second-order valence-corrected chi connectivity index (χ2v) is 4.87. The Balaban J connectivity index is 2.52. The predicted molar refractivity (Wildman–Crippen MR) is 74.0 cm³/mol. The Hall–Kier alpha value is -1.34. The van der Waals surface area contributed by atoms with Crippen molar-refractivity contribution >= 4 is 34.8 Å². The lowest BCUT2D eigenvalue weighted by Crippen LogP contribution is -1.95. The molecule has 0 fully saturated rings. The van der Waals surface area contributed by atoms with E-state index in [1.54, 1.807) is 12.1 Å². The number of aromatic nitrogens is 1. The highest BCUT2D eigenvalue weighted by atomic mass is 35.5. The number of hydrogen-bond acceptors (Lipinski definition) is 2. The molecule has 0 aliphatic rings. The van der Waals surface area contributed by atoms with E-state index in [1.165, 1.54) is 12.3 Å². The lowest BCUT2D eigenvalue weighted by Gasteiger charge is -2.08. The van der Waals surface area contributed by atoms with Crippen LogP contribution in [0.5, 0.6) is 0 Å². The molecular weight excluding hydrogens is 310 g/mol. The van der Waals surface area contributed by atoms with Crippen LogP contribution >= 0.6 is 34.8 Å². The van der Waals surface area contributed by atoms with Crippen LogP contribution in [0.25, 0.3) is 11.1 Å². The average molecular weight is 316 g/mol. The van der Waals surface area contributed by atoms with Gasteiger partial charge in [0.15, 0.2) is 0 Å². The van der Waals surface area contributed by atoms with E-state index in [1.807, 2.05) is 6.07 Å². The summed E-state index contributed by atoms with van der Waals surface area (Å²) >= 11 is 17.8. The molecule has 1 aromatic heterocycles. The maximum atomic E-state index is 13.7. The third kappa shape index (κ3) is 2.82. The smallest absolute Gasteiger partial charge is 0.146 e. The van der Waals surface area contributed by atoms with Crippen molar-refractivity contribution in [1.29, 1.82) is 5.26 Å². The summed E-state index contributed by atoms with van der Waals surface area (Å²) in [6.07, 6.45) is 1.36. The van der Waals surface area contributed by atoms with E-state index in [2.05, 4.69) is 4.98 Å². The Morgan fingerprint density at radius 2 is 1.95 bits per heavy atom. The molecule has 19 heavy (non-hydrogen) atoms. The van der Waals surface area contributed by atoms with Gasteiger partial charge in [-0.3, -0.25) is 4.98 Å². The van der Waals surface area contributed by atoms with E-state index in [-0.39, 0.29) is 22.2 Å². The fourth-order valence-electron chi connectivity index (χ4n) is 1.57. The van der Waals surface area contributed by atoms with Crippen molar-refractivity contribution in [1.82, 2.24) is 4.98 Å². The van der Waals surface area contributed by atoms with Gasteiger partial charge in [-0.1, -0.05) is 40.9 Å². The van der Waals surface area contributed by atoms with Crippen LogP contribution in [0.15, 0.2) is 24.4 Å². The molecule has 0 aliphatic carbocycles. The second-order valence-electron chi connectivity index (χ2n) is 3.71. The molecule has 2 nitrogen and oxygen atoms in total. The number of pyridine rings is 1. The third-order valence-electron chi connectivity index (χ3n) is 2.51. The molecule has 0 aliphatic heterocycles. The van der Waals surface area contributed by atoms with Crippen molar-refractivity contribution in [2.24, 2.45) is 0 Å². The van der Waals surface area contributed by atoms with Crippen molar-refractivity contribution in [2.75, 3.05) is 0 Å². The monoisotopic (exact) mass is 314 g/mol. The van der Waals surface area contributed by atoms with Crippen LogP contribution in [0.1, 0.15) is 5.69 Å². The summed E-state index contributed by atoms with van der Waals surface area (Å²) in [4.78, 5) is 3.91. The predicted octanol–water partition coefficient (Wildman–Crippen LogP) is 4.91. The first-order valence-corrected chi connectivity index (χ1v) is 6.33. The van der Waals surface area contributed by atoms with Gasteiger partial charge in [-0.05, 0) is 12.1 Å². The summed E-state index contributed by atoms with van der Waals surface area (Å²) in [5, 5.41) is 9.31. The van der Waals surface area contributed by atoms with Gasteiger partial charge in [-0.15, -0.1) is 0 Å². The number of benzene rings is 1. The lowest BCUT2D eigenvalue weighted by atomic mass is 10.1. The van der Waals surface area contributed by atoms with Gasteiger partial charge in [0.2, 0.25) is 0 Å². The summed E-state index contributed by atoms with van der Waals surface area (Å²) < 4.78 is 13.7. The third-order valence-corrected chi connectivity index (χ3v) is 3.80. The quantitative estimate of drug-likeness (QED) is 0.738. The van der Waals surface area contributed by atoms with Gasteiger partial charge >= 0.3 is 0 Å². The van der Waals surface area contributed by atoms with Crippen LogP contribution in [0.4, 0.5) is 4.39 Å². The van der Waals surface area contributed by atoms with Gasteiger partial charge < -0.3 is 0 Å². The minimum absolute atomic E-state index is 0.0821. The van der Waals surface area contributed by atoms with E-state index >= 15 is 0 Å². The Kier molecular flexibility index (Phi) is 4.26. The van der Waals surface area contributed by atoms with Gasteiger partial charge in [0.05, 0.1) is 33.3 Å². The van der Waals surface area contributed by atoms with Gasteiger partial charge in [-0.2, -0.15) is 5.26 Å². The molecule has 0 atom stereocenters. The van der Waals surface area contributed by atoms with Gasteiger partial charge in [0.1, 0.15) is 5.82 Å². The van der Waals surface area contributed by atoms with Gasteiger partial charge in [-0.25, -0.2) is 4.39 Å². The van der Waals surface area contributed by atoms with E-state index in [0.29, 0.717) is 16.1 Å².